The third kappa shape index (κ3) is 25.5. The van der Waals surface area contributed by atoms with E-state index in [0.29, 0.717) is 22.0 Å². The van der Waals surface area contributed by atoms with Gasteiger partial charge in [-0.1, -0.05) is 179 Å². The SMILES string of the molecule is CCCC[S+](CCCC)CCCC.C[S+](C)C.C[S+](c1ccc(C(C)(C)C)cc1)c1ccc(C(C)(C)C)cc1.Cc1cc([S+](c2ccccc2)c2ccccc2)cc(C)c1OCC(=O)OC12CC3CC(CC(C3)C1)C2.Cc1cc([S+](c2ccccc2)c2ccccc2)cc(C)c1OS(=O)(=O)C(F)(F)F. The number of carbonyl (C=O) groups is 1. The maximum atomic E-state index is 12.9. The summed E-state index contributed by atoms with van der Waals surface area (Å²) < 4.78 is 77.8. The first-order valence-electron chi connectivity index (χ1n) is 37.0. The third-order valence-corrected chi connectivity index (χ3v) is 28.8. The third-order valence-electron chi connectivity index (χ3n) is 18.9. The molecule has 4 saturated carbocycles. The van der Waals surface area contributed by atoms with Gasteiger partial charge in [0.1, 0.15) is 40.6 Å². The Bertz CT molecular complexity index is 3770. The second kappa shape index (κ2) is 40.0. The zero-order valence-electron chi connectivity index (χ0n) is 65.1. The smallest absolute Gasteiger partial charge is 0.481 e. The number of aryl methyl sites for hydroxylation is 4. The van der Waals surface area contributed by atoms with E-state index < -0.39 is 26.5 Å². The second-order valence-corrected chi connectivity index (χ2v) is 43.0. The Morgan fingerprint density at radius 2 is 0.750 bits per heavy atom. The minimum Gasteiger partial charge on any atom is -0.481 e. The van der Waals surface area contributed by atoms with Gasteiger partial charge in [-0.15, -0.1) is 0 Å². The Balaban J connectivity index is 0.000000201. The van der Waals surface area contributed by atoms with Crippen LogP contribution in [0.25, 0.3) is 0 Å². The summed E-state index contributed by atoms with van der Waals surface area (Å²) in [6.45, 7) is 27.7. The van der Waals surface area contributed by atoms with E-state index >= 15 is 0 Å². The van der Waals surface area contributed by atoms with Gasteiger partial charge in [0.05, 0.1) is 51.5 Å². The summed E-state index contributed by atoms with van der Waals surface area (Å²) in [6, 6.07) is 66.9. The highest BCUT2D eigenvalue weighted by Crippen LogP contribution is 2.57. The van der Waals surface area contributed by atoms with Crippen LogP contribution in [0.2, 0.25) is 0 Å². The summed E-state index contributed by atoms with van der Waals surface area (Å²) in [6.07, 6.45) is 24.6. The van der Waals surface area contributed by atoms with E-state index in [4.69, 9.17) is 9.47 Å². The van der Waals surface area contributed by atoms with Crippen molar-refractivity contribution >= 4 is 70.6 Å². The van der Waals surface area contributed by atoms with Gasteiger partial charge >= 0.3 is 21.6 Å². The number of unbranched alkanes of at least 4 members (excludes halogenated alkanes) is 3. The summed E-state index contributed by atoms with van der Waals surface area (Å²) >= 11 is 0. The predicted octanol–water partition coefficient (Wildman–Crippen LogP) is 23.4. The van der Waals surface area contributed by atoms with Crippen molar-refractivity contribution in [3.8, 4) is 11.5 Å². The van der Waals surface area contributed by atoms with Crippen molar-refractivity contribution in [3.05, 3.63) is 228 Å². The van der Waals surface area contributed by atoms with Crippen LogP contribution in [-0.4, -0.2) is 74.4 Å². The summed E-state index contributed by atoms with van der Waals surface area (Å²) in [5, 5.41) is 0. The molecule has 0 N–H and O–H groups in total. The molecule has 4 fully saturated rings. The number of alkyl halides is 3. The molecule has 0 aromatic heterocycles. The Morgan fingerprint density at radius 1 is 0.452 bits per heavy atom. The molecular formula is C89H118F3O6S6+5. The average molecular weight is 1530 g/mol. The van der Waals surface area contributed by atoms with Gasteiger partial charge in [-0.25, -0.2) is 4.79 Å². The minimum absolute atomic E-state index is 0.0220. The van der Waals surface area contributed by atoms with Gasteiger partial charge in [-0.05, 0) is 242 Å². The molecule has 0 unspecified atom stereocenters. The molecule has 4 bridgehead atoms. The zero-order chi connectivity index (χ0) is 76.0. The fraction of sp³-hybridized carbons (Fsp3) is 0.449. The first-order chi connectivity index (χ1) is 49.2. The topological polar surface area (TPSA) is 78.9 Å². The number of halogens is 3. The Hall–Kier alpha value is -5.68. The molecule has 15 heteroatoms. The van der Waals surface area contributed by atoms with E-state index in [9.17, 15) is 26.4 Å². The standard InChI is InChI=1S/C32H35O3S.C21H18F3O3S2.C21H29S.C12H27S.C3H9S/c1-22-13-29(36(27-9-5-3-6-10-27)28-11-7-4-8-12-28)14-23(2)31(22)34-21-30(33)35-32-18-24-15-25(19-32)17-26(16-24)20-32;1-15-13-19(14-16(2)20(15)27-29(25,26)21(22,23)24)28(17-9-5-3-6-10-17)18-11-7-4-8-12-18;1-20(2,3)16-8-12-18(13-9-16)22(7)19-14-10-17(11-15-19)21(4,5)6;1-4-7-10-13(11-8-5-2)12-9-6-3;1-4(2)3/h3-14,24-26H,15-21H2,1-2H3;3-14H,1-2H3;8-15H,1-7H3;4-12H2,1-3H3;1-3H3/q5*+1. The zero-order valence-corrected chi connectivity index (χ0v) is 70.0. The number of hydrogen-bond acceptors (Lipinski definition) is 6. The number of benzene rings is 8. The Labute approximate surface area is 639 Å². The van der Waals surface area contributed by atoms with E-state index in [1.54, 1.807) is 12.1 Å². The molecule has 8 aromatic carbocycles. The van der Waals surface area contributed by atoms with Gasteiger partial charge in [-0.3, -0.25) is 0 Å². The van der Waals surface area contributed by atoms with Crippen LogP contribution in [0.1, 0.15) is 173 Å². The molecule has 0 aliphatic heterocycles. The molecule has 12 rings (SSSR count). The molecule has 562 valence electrons. The number of rotatable bonds is 23. The lowest BCUT2D eigenvalue weighted by molar-refractivity contribution is -0.188. The molecule has 6 nitrogen and oxygen atoms in total. The minimum atomic E-state index is -5.73. The first-order valence-corrected chi connectivity index (χ1v) is 46.7. The van der Waals surface area contributed by atoms with E-state index in [0.717, 1.165) is 79.5 Å². The van der Waals surface area contributed by atoms with Gasteiger partial charge in [-0.2, -0.15) is 21.6 Å². The van der Waals surface area contributed by atoms with Crippen molar-refractivity contribution in [2.45, 2.75) is 228 Å². The number of hydrogen-bond donors (Lipinski definition) is 0. The average Bonchev–Trinajstić information content (AvgIpc) is 0.749. The van der Waals surface area contributed by atoms with Crippen LogP contribution in [0, 0.1) is 45.4 Å². The monoisotopic (exact) mass is 1530 g/mol. The van der Waals surface area contributed by atoms with Crippen LogP contribution >= 0.6 is 0 Å². The van der Waals surface area contributed by atoms with Gasteiger partial charge in [0.2, 0.25) is 0 Å². The quantitative estimate of drug-likeness (QED) is 0.0275. The molecule has 8 aromatic rings. The van der Waals surface area contributed by atoms with E-state index in [-0.39, 0.29) is 56.5 Å². The normalized spacial score (nSPS) is 16.9. The maximum absolute atomic E-state index is 12.9. The fourth-order valence-corrected chi connectivity index (χ4v) is 23.1. The highest BCUT2D eigenvalue weighted by molar-refractivity contribution is 7.98. The lowest BCUT2D eigenvalue weighted by Crippen LogP contribution is -2.53. The van der Waals surface area contributed by atoms with Crippen molar-refractivity contribution in [1.82, 2.24) is 0 Å². The van der Waals surface area contributed by atoms with Gasteiger partial charge < -0.3 is 13.7 Å². The van der Waals surface area contributed by atoms with Crippen LogP contribution in [0.3, 0.4) is 0 Å². The molecule has 0 saturated heterocycles. The Morgan fingerprint density at radius 3 is 1.03 bits per heavy atom. The molecule has 4 aliphatic rings. The fourth-order valence-electron chi connectivity index (χ4n) is 14.0. The van der Waals surface area contributed by atoms with Crippen LogP contribution in [-0.2, 0) is 85.0 Å². The largest absolute Gasteiger partial charge is 0.534 e. The van der Waals surface area contributed by atoms with Crippen LogP contribution in [0.5, 0.6) is 11.5 Å². The summed E-state index contributed by atoms with van der Waals surface area (Å²) in [4.78, 5) is 22.5. The molecule has 0 atom stereocenters. The van der Waals surface area contributed by atoms with Crippen LogP contribution < -0.4 is 8.92 Å². The van der Waals surface area contributed by atoms with Crippen LogP contribution in [0.15, 0.2) is 233 Å². The van der Waals surface area contributed by atoms with Crippen molar-refractivity contribution < 1.29 is 40.0 Å². The first kappa shape index (κ1) is 85.6. The van der Waals surface area contributed by atoms with Crippen molar-refractivity contribution in [2.24, 2.45) is 17.8 Å². The maximum Gasteiger partial charge on any atom is 0.534 e. The van der Waals surface area contributed by atoms with Gasteiger partial charge in [0.25, 0.3) is 0 Å². The summed E-state index contributed by atoms with van der Waals surface area (Å²) in [5.74, 6) is 7.08. The van der Waals surface area contributed by atoms with Gasteiger partial charge in [0, 0.05) is 24.3 Å². The summed E-state index contributed by atoms with van der Waals surface area (Å²) in [5.41, 5.74) is 0.278. The molecule has 0 amide bonds. The van der Waals surface area contributed by atoms with Crippen LogP contribution in [0.4, 0.5) is 13.2 Å². The second-order valence-electron chi connectivity index (χ2n) is 30.6. The number of carbonyl (C=O) groups excluding carboxylic acids is 1. The molecule has 0 radical (unpaired) electrons. The highest BCUT2D eigenvalue weighted by Gasteiger charge is 2.53. The molecular weight excluding hydrogens is 1410 g/mol. The summed E-state index contributed by atoms with van der Waals surface area (Å²) in [7, 11) is -4.91. The van der Waals surface area contributed by atoms with E-state index in [2.05, 4.69) is 227 Å². The van der Waals surface area contributed by atoms with Gasteiger partial charge in [0.15, 0.2) is 45.8 Å². The number of esters is 1. The lowest BCUT2D eigenvalue weighted by Gasteiger charge is -2.55. The molecule has 0 spiro atoms. The molecule has 4 aliphatic carbocycles. The van der Waals surface area contributed by atoms with Crippen molar-refractivity contribution in [2.75, 3.05) is 48.9 Å². The van der Waals surface area contributed by atoms with Crippen molar-refractivity contribution in [3.63, 3.8) is 0 Å². The van der Waals surface area contributed by atoms with Crippen molar-refractivity contribution in [1.29, 1.82) is 0 Å². The number of ether oxygens (including phenoxy) is 2. The lowest BCUT2D eigenvalue weighted by atomic mass is 9.54. The Kier molecular flexibility index (Phi) is 32.9. The van der Waals surface area contributed by atoms with E-state index in [1.165, 1.54) is 124 Å². The molecule has 104 heavy (non-hydrogen) atoms. The predicted molar refractivity (Wildman–Crippen MR) is 442 cm³/mol. The molecule has 0 heterocycles. The van der Waals surface area contributed by atoms with E-state index in [1.807, 2.05) is 60.7 Å². The highest BCUT2D eigenvalue weighted by atomic mass is 32.2.